The van der Waals surface area contributed by atoms with Gasteiger partial charge in [-0.1, -0.05) is 12.1 Å². The van der Waals surface area contributed by atoms with Crippen molar-refractivity contribution in [2.45, 2.75) is 13.0 Å². The van der Waals surface area contributed by atoms with E-state index in [0.717, 1.165) is 5.75 Å². The number of hydrogen-bond donors (Lipinski definition) is 2. The van der Waals surface area contributed by atoms with Crippen molar-refractivity contribution in [2.75, 3.05) is 44.5 Å². The number of rotatable bonds is 7. The van der Waals surface area contributed by atoms with Crippen molar-refractivity contribution in [1.29, 1.82) is 0 Å². The van der Waals surface area contributed by atoms with Gasteiger partial charge in [-0.25, -0.2) is 0 Å². The van der Waals surface area contributed by atoms with Crippen LogP contribution in [-0.4, -0.2) is 56.7 Å². The van der Waals surface area contributed by atoms with E-state index in [1.165, 1.54) is 14.0 Å². The standard InChI is InChI=1S/C21H25N3O5/c1-14(25)22-15-8-9-18(27-3)17(10-15)23-21(26)12-24(2)11-16-13-28-19-6-4-5-7-20(19)29-16/h4-10,16H,11-13H2,1-3H3,(H,22,25)(H,23,26). The molecule has 29 heavy (non-hydrogen) atoms. The average molecular weight is 399 g/mol. The number of nitrogens with zero attached hydrogens (tertiary/aromatic N) is 1. The van der Waals surface area contributed by atoms with Gasteiger partial charge in [-0.15, -0.1) is 0 Å². The summed E-state index contributed by atoms with van der Waals surface area (Å²) in [4.78, 5) is 25.6. The van der Waals surface area contributed by atoms with Crippen molar-refractivity contribution in [3.63, 3.8) is 0 Å². The summed E-state index contributed by atoms with van der Waals surface area (Å²) in [5.41, 5.74) is 1.07. The molecule has 0 radical (unpaired) electrons. The molecule has 1 aliphatic rings. The van der Waals surface area contributed by atoms with Gasteiger partial charge in [0.1, 0.15) is 18.5 Å². The summed E-state index contributed by atoms with van der Waals surface area (Å²) in [6.45, 7) is 2.54. The molecule has 0 bridgehead atoms. The molecule has 2 N–H and O–H groups in total. The first-order valence-electron chi connectivity index (χ1n) is 9.27. The number of amides is 2. The van der Waals surface area contributed by atoms with Crippen LogP contribution in [-0.2, 0) is 9.59 Å². The molecule has 1 unspecified atom stereocenters. The van der Waals surface area contributed by atoms with Crippen molar-refractivity contribution < 1.29 is 23.8 Å². The number of para-hydroxylation sites is 2. The summed E-state index contributed by atoms with van der Waals surface area (Å²) in [5, 5.41) is 5.52. The number of carbonyl (C=O) groups excluding carboxylic acids is 2. The fourth-order valence-corrected chi connectivity index (χ4v) is 3.09. The Labute approximate surface area is 169 Å². The predicted molar refractivity (Wildman–Crippen MR) is 110 cm³/mol. The Morgan fingerprint density at radius 2 is 1.93 bits per heavy atom. The highest BCUT2D eigenvalue weighted by Crippen LogP contribution is 2.31. The Hall–Kier alpha value is -3.26. The van der Waals surface area contributed by atoms with Crippen molar-refractivity contribution >= 4 is 23.2 Å². The van der Waals surface area contributed by atoms with E-state index < -0.39 is 0 Å². The second kappa shape index (κ2) is 9.29. The van der Waals surface area contributed by atoms with Crippen molar-refractivity contribution in [2.24, 2.45) is 0 Å². The number of likely N-dealkylation sites (N-methyl/N-ethyl adjacent to an activating group) is 1. The molecule has 0 spiro atoms. The minimum Gasteiger partial charge on any atom is -0.495 e. The fourth-order valence-electron chi connectivity index (χ4n) is 3.09. The molecule has 3 rings (SSSR count). The average Bonchev–Trinajstić information content (AvgIpc) is 2.67. The van der Waals surface area contributed by atoms with Crippen LogP contribution in [0.1, 0.15) is 6.92 Å². The van der Waals surface area contributed by atoms with Gasteiger partial charge in [-0.05, 0) is 37.4 Å². The van der Waals surface area contributed by atoms with Gasteiger partial charge >= 0.3 is 0 Å². The maximum Gasteiger partial charge on any atom is 0.238 e. The molecular weight excluding hydrogens is 374 g/mol. The van der Waals surface area contributed by atoms with Gasteiger partial charge < -0.3 is 24.8 Å². The molecule has 0 fully saturated rings. The van der Waals surface area contributed by atoms with E-state index >= 15 is 0 Å². The van der Waals surface area contributed by atoms with Gasteiger partial charge in [-0.3, -0.25) is 14.5 Å². The van der Waals surface area contributed by atoms with Crippen LogP contribution in [0.15, 0.2) is 42.5 Å². The Morgan fingerprint density at radius 1 is 1.17 bits per heavy atom. The molecule has 2 aromatic carbocycles. The zero-order valence-electron chi connectivity index (χ0n) is 16.7. The zero-order chi connectivity index (χ0) is 20.8. The third-order valence-electron chi connectivity index (χ3n) is 4.29. The zero-order valence-corrected chi connectivity index (χ0v) is 16.7. The maximum atomic E-state index is 12.5. The first-order valence-corrected chi connectivity index (χ1v) is 9.27. The molecule has 154 valence electrons. The van der Waals surface area contributed by atoms with E-state index in [-0.39, 0.29) is 24.5 Å². The number of hydrogen-bond acceptors (Lipinski definition) is 6. The van der Waals surface area contributed by atoms with E-state index in [2.05, 4.69) is 10.6 Å². The minimum absolute atomic E-state index is 0.162. The van der Waals surface area contributed by atoms with E-state index in [1.807, 2.05) is 36.2 Å². The second-order valence-electron chi connectivity index (χ2n) is 6.84. The fraction of sp³-hybridized carbons (Fsp3) is 0.333. The number of benzene rings is 2. The number of methoxy groups -OCH3 is 1. The topological polar surface area (TPSA) is 89.1 Å². The van der Waals surface area contributed by atoms with Crippen LogP contribution in [0.5, 0.6) is 17.2 Å². The SMILES string of the molecule is COc1ccc(NC(C)=O)cc1NC(=O)CN(C)CC1COc2ccccc2O1. The summed E-state index contributed by atoms with van der Waals surface area (Å²) >= 11 is 0. The van der Waals surface area contributed by atoms with Crippen LogP contribution < -0.4 is 24.8 Å². The Balaban J connectivity index is 1.56. The number of ether oxygens (including phenoxy) is 3. The summed E-state index contributed by atoms with van der Waals surface area (Å²) in [6.07, 6.45) is -0.166. The summed E-state index contributed by atoms with van der Waals surface area (Å²) in [7, 11) is 3.36. The lowest BCUT2D eigenvalue weighted by atomic mass is 10.2. The van der Waals surface area contributed by atoms with Crippen molar-refractivity contribution in [3.8, 4) is 17.2 Å². The van der Waals surface area contributed by atoms with Crippen LogP contribution in [0.4, 0.5) is 11.4 Å². The van der Waals surface area contributed by atoms with Gasteiger partial charge in [0, 0.05) is 19.2 Å². The van der Waals surface area contributed by atoms with Crippen molar-refractivity contribution in [3.05, 3.63) is 42.5 Å². The summed E-state index contributed by atoms with van der Waals surface area (Å²) in [5.74, 6) is 1.55. The highest BCUT2D eigenvalue weighted by Gasteiger charge is 2.22. The molecular formula is C21H25N3O5. The molecule has 1 heterocycles. The monoisotopic (exact) mass is 399 g/mol. The smallest absolute Gasteiger partial charge is 0.238 e. The lowest BCUT2D eigenvalue weighted by Gasteiger charge is -2.29. The van der Waals surface area contributed by atoms with Crippen LogP contribution >= 0.6 is 0 Å². The molecule has 8 nitrogen and oxygen atoms in total. The van der Waals surface area contributed by atoms with E-state index in [4.69, 9.17) is 14.2 Å². The molecule has 8 heteroatoms. The maximum absolute atomic E-state index is 12.5. The van der Waals surface area contributed by atoms with Gasteiger partial charge in [0.2, 0.25) is 11.8 Å². The van der Waals surface area contributed by atoms with Crippen LogP contribution in [0.25, 0.3) is 0 Å². The first-order chi connectivity index (χ1) is 13.9. The molecule has 2 aromatic rings. The molecule has 0 aliphatic carbocycles. The van der Waals surface area contributed by atoms with Gasteiger partial charge in [0.05, 0.1) is 19.3 Å². The quantitative estimate of drug-likeness (QED) is 0.743. The number of carbonyl (C=O) groups is 2. The van der Waals surface area contributed by atoms with Crippen LogP contribution in [0, 0.1) is 0 Å². The van der Waals surface area contributed by atoms with Crippen LogP contribution in [0.2, 0.25) is 0 Å². The molecule has 2 amide bonds. The highest BCUT2D eigenvalue weighted by atomic mass is 16.6. The van der Waals surface area contributed by atoms with Gasteiger partial charge in [0.25, 0.3) is 0 Å². The lowest BCUT2D eigenvalue weighted by molar-refractivity contribution is -0.117. The minimum atomic E-state index is -0.206. The van der Waals surface area contributed by atoms with Crippen molar-refractivity contribution in [1.82, 2.24) is 4.90 Å². The highest BCUT2D eigenvalue weighted by molar-refractivity contribution is 5.95. The van der Waals surface area contributed by atoms with Gasteiger partial charge in [0.15, 0.2) is 11.5 Å². The Kier molecular flexibility index (Phi) is 6.56. The molecule has 0 saturated carbocycles. The number of anilines is 2. The third kappa shape index (κ3) is 5.61. The largest absolute Gasteiger partial charge is 0.495 e. The molecule has 1 atom stereocenters. The second-order valence-corrected chi connectivity index (χ2v) is 6.84. The molecule has 1 aliphatic heterocycles. The normalized spacial score (nSPS) is 15.0. The van der Waals surface area contributed by atoms with Gasteiger partial charge in [-0.2, -0.15) is 0 Å². The summed E-state index contributed by atoms with van der Waals surface area (Å²) < 4.78 is 16.9. The Bertz CT molecular complexity index is 886. The van der Waals surface area contributed by atoms with E-state index in [1.54, 1.807) is 18.2 Å². The van der Waals surface area contributed by atoms with E-state index in [0.29, 0.717) is 36.0 Å². The number of fused-ring (bicyclic) bond motifs is 1. The predicted octanol–water partition coefficient (Wildman–Crippen LogP) is 2.36. The first kappa shape index (κ1) is 20.5. The lowest BCUT2D eigenvalue weighted by Crippen LogP contribution is -2.42. The van der Waals surface area contributed by atoms with Crippen LogP contribution in [0.3, 0.4) is 0 Å². The summed E-state index contributed by atoms with van der Waals surface area (Å²) in [6, 6.07) is 12.6. The van der Waals surface area contributed by atoms with E-state index in [9.17, 15) is 9.59 Å². The third-order valence-corrected chi connectivity index (χ3v) is 4.29. The number of nitrogens with one attached hydrogen (secondary N) is 2. The Morgan fingerprint density at radius 3 is 2.66 bits per heavy atom. The molecule has 0 aromatic heterocycles. The molecule has 0 saturated heterocycles.